The highest BCUT2D eigenvalue weighted by molar-refractivity contribution is 5.45. The van der Waals surface area contributed by atoms with Crippen molar-refractivity contribution in [2.45, 2.75) is 25.0 Å². The Morgan fingerprint density at radius 2 is 1.52 bits per heavy atom. The van der Waals surface area contributed by atoms with Crippen molar-refractivity contribution >= 4 is 6.41 Å². The largest absolute Gasteiger partial charge is 0.416 e. The summed E-state index contributed by atoms with van der Waals surface area (Å²) in [5.74, 6) is 0. The van der Waals surface area contributed by atoms with Gasteiger partial charge in [0, 0.05) is 0 Å². The minimum absolute atomic E-state index is 0.0395. The maximum Gasteiger partial charge on any atom is 0.416 e. The van der Waals surface area contributed by atoms with Crippen LogP contribution in [-0.4, -0.2) is 19.7 Å². The molecule has 0 saturated carbocycles. The molecule has 158 valence electrons. The molecule has 0 bridgehead atoms. The molecule has 29 heavy (non-hydrogen) atoms. The zero-order chi connectivity index (χ0) is 21.5. The number of hydrogen-bond donors (Lipinski definition) is 2. The van der Waals surface area contributed by atoms with E-state index in [0.717, 1.165) is 5.56 Å². The predicted octanol–water partition coefficient (Wildman–Crippen LogP) is 4.28. The van der Waals surface area contributed by atoms with Crippen LogP contribution in [0.3, 0.4) is 0 Å². The molecule has 4 nitrogen and oxygen atoms in total. The smallest absolute Gasteiger partial charge is 0.375 e. The van der Waals surface area contributed by atoms with Gasteiger partial charge in [-0.05, 0) is 29.3 Å². The Bertz CT molecular complexity index is 761. The van der Waals surface area contributed by atoms with E-state index in [1.165, 1.54) is 0 Å². The summed E-state index contributed by atoms with van der Waals surface area (Å²) in [7, 11) is 0. The molecule has 0 saturated heterocycles. The molecule has 0 aromatic heterocycles. The topological polar surface area (TPSA) is 50.4 Å². The van der Waals surface area contributed by atoms with E-state index in [1.807, 2.05) is 0 Å². The van der Waals surface area contributed by atoms with Crippen molar-refractivity contribution in [3.05, 3.63) is 70.8 Å². The van der Waals surface area contributed by atoms with Crippen LogP contribution in [0.5, 0.6) is 0 Å². The average molecular weight is 420 g/mol. The normalized spacial score (nSPS) is 13.2. The second-order valence-electron chi connectivity index (χ2n) is 6.10. The molecular weight excluding hydrogens is 402 g/mol. The first-order valence-corrected chi connectivity index (χ1v) is 8.42. The minimum Gasteiger partial charge on any atom is -0.375 e. The Kier molecular flexibility index (Phi) is 7.63. The maximum absolute atomic E-state index is 12.9. The quantitative estimate of drug-likeness (QED) is 0.276. The van der Waals surface area contributed by atoms with Crippen molar-refractivity contribution < 1.29 is 35.9 Å². The number of halogens is 6. The molecule has 2 aromatic rings. The van der Waals surface area contributed by atoms with Crippen molar-refractivity contribution in [3.63, 3.8) is 0 Å². The highest BCUT2D eigenvalue weighted by Gasteiger charge is 2.36. The third kappa shape index (κ3) is 7.06. The third-order valence-corrected chi connectivity index (χ3v) is 3.94. The van der Waals surface area contributed by atoms with E-state index < -0.39 is 36.1 Å². The van der Waals surface area contributed by atoms with Crippen LogP contribution >= 0.6 is 0 Å². The monoisotopic (exact) mass is 420 g/mol. The second kappa shape index (κ2) is 9.75. The fraction of sp³-hybridized carbons (Fsp3) is 0.316. The fourth-order valence-electron chi connectivity index (χ4n) is 2.58. The van der Waals surface area contributed by atoms with Gasteiger partial charge in [0.1, 0.15) is 0 Å². The van der Waals surface area contributed by atoms with Gasteiger partial charge in [-0.1, -0.05) is 30.3 Å². The van der Waals surface area contributed by atoms with Crippen LogP contribution in [0, 0.1) is 0 Å². The molecule has 0 radical (unpaired) electrons. The van der Waals surface area contributed by atoms with Crippen molar-refractivity contribution in [2.75, 3.05) is 13.3 Å². The van der Waals surface area contributed by atoms with Crippen LogP contribution in [0.4, 0.5) is 26.3 Å². The van der Waals surface area contributed by atoms with Gasteiger partial charge in [0.2, 0.25) is 6.41 Å². The van der Waals surface area contributed by atoms with Gasteiger partial charge in [0.25, 0.3) is 0 Å². The number of carbonyl (C=O) groups is 1. The molecule has 0 aliphatic rings. The first-order chi connectivity index (χ1) is 13.6. The Morgan fingerprint density at radius 1 is 0.931 bits per heavy atom. The third-order valence-electron chi connectivity index (χ3n) is 3.94. The van der Waals surface area contributed by atoms with Crippen LogP contribution in [-0.2, 0) is 28.5 Å². The Balaban J connectivity index is 2.13. The Hall–Kier alpha value is -2.59. The molecule has 0 heterocycles. The number of benzene rings is 2. The summed E-state index contributed by atoms with van der Waals surface area (Å²) in [5, 5.41) is 5.37. The van der Waals surface area contributed by atoms with Crippen LogP contribution in [0.15, 0.2) is 48.5 Å². The summed E-state index contributed by atoms with van der Waals surface area (Å²) in [5.41, 5.74) is -2.25. The van der Waals surface area contributed by atoms with E-state index >= 15 is 0 Å². The summed E-state index contributed by atoms with van der Waals surface area (Å²) >= 11 is 0. The fourth-order valence-corrected chi connectivity index (χ4v) is 2.58. The van der Waals surface area contributed by atoms with Gasteiger partial charge in [0.05, 0.1) is 37.1 Å². The van der Waals surface area contributed by atoms with E-state index in [9.17, 15) is 31.1 Å². The van der Waals surface area contributed by atoms with Gasteiger partial charge in [0.15, 0.2) is 0 Å². The SMILES string of the molecule is O=CNCNC(COCc1cc(C(F)(F)F)cc(C(F)(F)F)c1)c1ccccc1. The van der Waals surface area contributed by atoms with Crippen LogP contribution in [0.25, 0.3) is 0 Å². The number of hydrogen-bond acceptors (Lipinski definition) is 3. The van der Waals surface area contributed by atoms with E-state index in [-0.39, 0.29) is 24.9 Å². The van der Waals surface area contributed by atoms with E-state index in [4.69, 9.17) is 4.74 Å². The van der Waals surface area contributed by atoms with Gasteiger partial charge in [-0.2, -0.15) is 26.3 Å². The molecule has 2 aromatic carbocycles. The van der Waals surface area contributed by atoms with E-state index in [2.05, 4.69) is 10.6 Å². The molecule has 10 heteroatoms. The number of rotatable bonds is 9. The van der Waals surface area contributed by atoms with E-state index in [0.29, 0.717) is 18.5 Å². The highest BCUT2D eigenvalue weighted by Crippen LogP contribution is 2.36. The molecular formula is C19H18F6N2O2. The molecule has 0 fully saturated rings. The molecule has 2 N–H and O–H groups in total. The number of ether oxygens (including phenoxy) is 1. The molecule has 2 rings (SSSR count). The van der Waals surface area contributed by atoms with Crippen molar-refractivity contribution in [2.24, 2.45) is 0 Å². The second-order valence-corrected chi connectivity index (χ2v) is 6.10. The molecule has 1 unspecified atom stereocenters. The zero-order valence-electron chi connectivity index (χ0n) is 15.0. The zero-order valence-corrected chi connectivity index (χ0v) is 15.0. The summed E-state index contributed by atoms with van der Waals surface area (Å²) < 4.78 is 83.0. The molecule has 1 atom stereocenters. The van der Waals surface area contributed by atoms with Crippen LogP contribution < -0.4 is 10.6 Å². The average Bonchev–Trinajstić information content (AvgIpc) is 2.66. The summed E-state index contributed by atoms with van der Waals surface area (Å²) in [6.45, 7) is -0.379. The van der Waals surface area contributed by atoms with Crippen LogP contribution in [0.2, 0.25) is 0 Å². The van der Waals surface area contributed by atoms with Crippen molar-refractivity contribution in [1.29, 1.82) is 0 Å². The summed E-state index contributed by atoms with van der Waals surface area (Å²) in [6, 6.07) is 9.76. The number of amides is 1. The van der Waals surface area contributed by atoms with Gasteiger partial charge >= 0.3 is 12.4 Å². The number of nitrogens with one attached hydrogen (secondary N) is 2. The maximum atomic E-state index is 12.9. The Morgan fingerprint density at radius 3 is 2.03 bits per heavy atom. The van der Waals surface area contributed by atoms with Crippen molar-refractivity contribution in [3.8, 4) is 0 Å². The molecule has 0 spiro atoms. The Labute approximate surface area is 162 Å². The number of alkyl halides is 6. The predicted molar refractivity (Wildman–Crippen MR) is 92.5 cm³/mol. The summed E-state index contributed by atoms with van der Waals surface area (Å²) in [6.07, 6.45) is -9.34. The minimum atomic E-state index is -4.91. The lowest BCUT2D eigenvalue weighted by atomic mass is 10.0. The van der Waals surface area contributed by atoms with Gasteiger partial charge in [-0.3, -0.25) is 10.1 Å². The summed E-state index contributed by atoms with van der Waals surface area (Å²) in [4.78, 5) is 10.4. The van der Waals surface area contributed by atoms with Gasteiger partial charge in [-0.15, -0.1) is 0 Å². The molecule has 0 aliphatic heterocycles. The highest BCUT2D eigenvalue weighted by atomic mass is 19.4. The van der Waals surface area contributed by atoms with Gasteiger partial charge in [-0.25, -0.2) is 0 Å². The standard InChI is InChI=1S/C19H18F6N2O2/c20-18(21,22)15-6-13(7-16(8-15)19(23,24)25)9-29-10-17(27-11-26-12-28)14-4-2-1-3-5-14/h1-8,12,17,27H,9-11H2,(H,26,28). The lowest BCUT2D eigenvalue weighted by Gasteiger charge is -2.20. The van der Waals surface area contributed by atoms with E-state index in [1.54, 1.807) is 30.3 Å². The lowest BCUT2D eigenvalue weighted by molar-refractivity contribution is -0.143. The van der Waals surface area contributed by atoms with Crippen LogP contribution in [0.1, 0.15) is 28.3 Å². The molecule has 1 amide bonds. The first kappa shape index (κ1) is 22.7. The van der Waals surface area contributed by atoms with Gasteiger partial charge < -0.3 is 10.1 Å². The lowest BCUT2D eigenvalue weighted by Crippen LogP contribution is -2.33. The molecule has 0 aliphatic carbocycles. The van der Waals surface area contributed by atoms with Crippen molar-refractivity contribution in [1.82, 2.24) is 10.6 Å². The number of carbonyl (C=O) groups excluding carboxylic acids is 1. The first-order valence-electron chi connectivity index (χ1n) is 8.42.